The van der Waals surface area contributed by atoms with Gasteiger partial charge in [-0.1, -0.05) is 6.92 Å². The van der Waals surface area contributed by atoms with Crippen molar-refractivity contribution in [3.8, 4) is 11.5 Å². The van der Waals surface area contributed by atoms with Crippen molar-refractivity contribution in [2.45, 2.75) is 19.8 Å². The Morgan fingerprint density at radius 3 is 2.61 bits per heavy atom. The maximum Gasteiger partial charge on any atom is 0.338 e. The Labute approximate surface area is 136 Å². The predicted octanol–water partition coefficient (Wildman–Crippen LogP) is 2.12. The van der Waals surface area contributed by atoms with Crippen LogP contribution >= 0.6 is 0 Å². The average molecular weight is 321 g/mol. The number of piperidine rings is 1. The first-order chi connectivity index (χ1) is 11.0. The number of amides is 1. The third kappa shape index (κ3) is 4.37. The second-order valence-corrected chi connectivity index (χ2v) is 5.73. The Morgan fingerprint density at radius 1 is 1.22 bits per heavy atom. The van der Waals surface area contributed by atoms with Gasteiger partial charge in [0.15, 0.2) is 18.1 Å². The summed E-state index contributed by atoms with van der Waals surface area (Å²) in [5.41, 5.74) is 0.322. The van der Waals surface area contributed by atoms with Crippen molar-refractivity contribution in [2.24, 2.45) is 5.92 Å². The van der Waals surface area contributed by atoms with E-state index in [1.165, 1.54) is 20.3 Å². The van der Waals surface area contributed by atoms with Gasteiger partial charge in [0.05, 0.1) is 19.8 Å². The number of hydrogen-bond acceptors (Lipinski definition) is 5. The van der Waals surface area contributed by atoms with Gasteiger partial charge >= 0.3 is 5.97 Å². The lowest BCUT2D eigenvalue weighted by Gasteiger charge is -2.30. The van der Waals surface area contributed by atoms with Crippen LogP contribution in [0.5, 0.6) is 11.5 Å². The first-order valence-electron chi connectivity index (χ1n) is 7.72. The SMILES string of the molecule is COc1ccc(C(=O)OCC(=O)N2CCCC(C)C2)cc1OC. The molecule has 1 aliphatic rings. The van der Waals surface area contributed by atoms with Gasteiger partial charge in [-0.25, -0.2) is 4.79 Å². The van der Waals surface area contributed by atoms with Crippen molar-refractivity contribution < 1.29 is 23.8 Å². The smallest absolute Gasteiger partial charge is 0.338 e. The second kappa shape index (κ2) is 7.85. The molecule has 1 amide bonds. The standard InChI is InChI=1S/C17H23NO5/c1-12-5-4-8-18(10-12)16(19)11-23-17(20)13-6-7-14(21-2)15(9-13)22-3/h6-7,9,12H,4-5,8,10-11H2,1-3H3. The zero-order valence-electron chi connectivity index (χ0n) is 13.8. The first-order valence-corrected chi connectivity index (χ1v) is 7.72. The van der Waals surface area contributed by atoms with Gasteiger partial charge in [0, 0.05) is 13.1 Å². The van der Waals surface area contributed by atoms with Gasteiger partial charge in [-0.05, 0) is 37.0 Å². The third-order valence-electron chi connectivity index (χ3n) is 3.96. The van der Waals surface area contributed by atoms with E-state index in [-0.39, 0.29) is 12.5 Å². The molecule has 1 aliphatic heterocycles. The minimum Gasteiger partial charge on any atom is -0.493 e. The third-order valence-corrected chi connectivity index (χ3v) is 3.96. The number of nitrogens with zero attached hydrogens (tertiary/aromatic N) is 1. The van der Waals surface area contributed by atoms with Crippen LogP contribution in [0.2, 0.25) is 0 Å². The highest BCUT2D eigenvalue weighted by Crippen LogP contribution is 2.27. The first kappa shape index (κ1) is 17.1. The van der Waals surface area contributed by atoms with Gasteiger partial charge in [0.1, 0.15) is 0 Å². The van der Waals surface area contributed by atoms with Crippen molar-refractivity contribution in [1.29, 1.82) is 0 Å². The van der Waals surface area contributed by atoms with Gasteiger partial charge in [0.25, 0.3) is 5.91 Å². The minimum atomic E-state index is -0.552. The normalized spacial score (nSPS) is 17.5. The van der Waals surface area contributed by atoms with E-state index in [0.29, 0.717) is 23.0 Å². The number of benzene rings is 1. The highest BCUT2D eigenvalue weighted by molar-refractivity contribution is 5.92. The molecule has 2 rings (SSSR count). The molecule has 0 aliphatic carbocycles. The summed E-state index contributed by atoms with van der Waals surface area (Å²) in [5.74, 6) is 0.768. The van der Waals surface area contributed by atoms with Crippen molar-refractivity contribution in [3.05, 3.63) is 23.8 Å². The molecule has 0 spiro atoms. The van der Waals surface area contributed by atoms with Gasteiger partial charge in [-0.3, -0.25) is 4.79 Å². The van der Waals surface area contributed by atoms with Crippen LogP contribution in [0, 0.1) is 5.92 Å². The van der Waals surface area contributed by atoms with Crippen LogP contribution in [0.4, 0.5) is 0 Å². The van der Waals surface area contributed by atoms with Crippen molar-refractivity contribution >= 4 is 11.9 Å². The lowest BCUT2D eigenvalue weighted by atomic mass is 10.0. The fourth-order valence-electron chi connectivity index (χ4n) is 2.68. The van der Waals surface area contributed by atoms with Crippen molar-refractivity contribution in [2.75, 3.05) is 33.9 Å². The lowest BCUT2D eigenvalue weighted by molar-refractivity contribution is -0.136. The summed E-state index contributed by atoms with van der Waals surface area (Å²) in [6.07, 6.45) is 2.13. The van der Waals surface area contributed by atoms with E-state index in [1.807, 2.05) is 0 Å². The van der Waals surface area contributed by atoms with Gasteiger partial charge < -0.3 is 19.1 Å². The highest BCUT2D eigenvalue weighted by atomic mass is 16.5. The van der Waals surface area contributed by atoms with Crippen LogP contribution in [0.15, 0.2) is 18.2 Å². The molecule has 1 heterocycles. The Hall–Kier alpha value is -2.24. The molecule has 0 radical (unpaired) electrons. The van der Waals surface area contributed by atoms with Crippen molar-refractivity contribution in [1.82, 2.24) is 4.90 Å². The monoisotopic (exact) mass is 321 g/mol. The predicted molar refractivity (Wildman–Crippen MR) is 84.8 cm³/mol. The van der Waals surface area contributed by atoms with E-state index in [0.717, 1.165) is 25.9 Å². The van der Waals surface area contributed by atoms with Gasteiger partial charge in [-0.15, -0.1) is 0 Å². The lowest BCUT2D eigenvalue weighted by Crippen LogP contribution is -2.41. The molecule has 0 bridgehead atoms. The van der Waals surface area contributed by atoms with Crippen LogP contribution in [-0.4, -0.2) is 50.7 Å². The number of esters is 1. The van der Waals surface area contributed by atoms with Crippen LogP contribution in [0.25, 0.3) is 0 Å². The Balaban J connectivity index is 1.93. The molecule has 1 fully saturated rings. The fourth-order valence-corrected chi connectivity index (χ4v) is 2.68. The van der Waals surface area contributed by atoms with Crippen molar-refractivity contribution in [3.63, 3.8) is 0 Å². The maximum absolute atomic E-state index is 12.1. The number of likely N-dealkylation sites (tertiary alicyclic amines) is 1. The van der Waals surface area contributed by atoms with Crippen LogP contribution in [0.3, 0.4) is 0 Å². The van der Waals surface area contributed by atoms with Gasteiger partial charge in [0.2, 0.25) is 0 Å². The average Bonchev–Trinajstić information content (AvgIpc) is 2.58. The number of hydrogen-bond donors (Lipinski definition) is 0. The summed E-state index contributed by atoms with van der Waals surface area (Å²) < 4.78 is 15.4. The molecule has 1 saturated heterocycles. The number of rotatable bonds is 5. The molecule has 6 nitrogen and oxygen atoms in total. The molecule has 1 aromatic rings. The van der Waals surface area contributed by atoms with E-state index >= 15 is 0 Å². The summed E-state index contributed by atoms with van der Waals surface area (Å²) in [6.45, 7) is 3.35. The van der Waals surface area contributed by atoms with Crippen LogP contribution in [0.1, 0.15) is 30.1 Å². The molecule has 0 N–H and O–H groups in total. The largest absolute Gasteiger partial charge is 0.493 e. The molecule has 126 valence electrons. The Bertz CT molecular complexity index is 572. The summed E-state index contributed by atoms with van der Waals surface area (Å²) in [5, 5.41) is 0. The Morgan fingerprint density at radius 2 is 1.96 bits per heavy atom. The van der Waals surface area contributed by atoms with E-state index in [2.05, 4.69) is 6.92 Å². The summed E-state index contributed by atoms with van der Waals surface area (Å²) in [4.78, 5) is 25.9. The Kier molecular flexibility index (Phi) is 5.84. The highest BCUT2D eigenvalue weighted by Gasteiger charge is 2.22. The second-order valence-electron chi connectivity index (χ2n) is 5.73. The van der Waals surface area contributed by atoms with E-state index in [9.17, 15) is 9.59 Å². The molecular formula is C17H23NO5. The number of carbonyl (C=O) groups excluding carboxylic acids is 2. The van der Waals surface area contributed by atoms with Gasteiger partial charge in [-0.2, -0.15) is 0 Å². The minimum absolute atomic E-state index is 0.148. The zero-order chi connectivity index (χ0) is 16.8. The van der Waals surface area contributed by atoms with E-state index < -0.39 is 5.97 Å². The number of ether oxygens (including phenoxy) is 3. The van der Waals surface area contributed by atoms with E-state index in [1.54, 1.807) is 17.0 Å². The molecule has 1 atom stereocenters. The molecule has 6 heteroatoms. The van der Waals surface area contributed by atoms with Crippen LogP contribution < -0.4 is 9.47 Å². The number of carbonyl (C=O) groups is 2. The maximum atomic E-state index is 12.1. The van der Waals surface area contributed by atoms with Crippen LogP contribution in [-0.2, 0) is 9.53 Å². The summed E-state index contributed by atoms with van der Waals surface area (Å²) in [7, 11) is 3.02. The molecule has 1 aromatic carbocycles. The molecule has 0 saturated carbocycles. The zero-order valence-corrected chi connectivity index (χ0v) is 13.8. The molecular weight excluding hydrogens is 298 g/mol. The van der Waals surface area contributed by atoms with E-state index in [4.69, 9.17) is 14.2 Å². The number of methoxy groups -OCH3 is 2. The topological polar surface area (TPSA) is 65.1 Å². The molecule has 23 heavy (non-hydrogen) atoms. The fraction of sp³-hybridized carbons (Fsp3) is 0.529. The summed E-state index contributed by atoms with van der Waals surface area (Å²) >= 11 is 0. The summed E-state index contributed by atoms with van der Waals surface area (Å²) in [6, 6.07) is 4.75. The quantitative estimate of drug-likeness (QED) is 0.777. The molecule has 1 unspecified atom stereocenters. The molecule has 0 aromatic heterocycles.